The van der Waals surface area contributed by atoms with Gasteiger partial charge in [-0.25, -0.2) is 0 Å². The van der Waals surface area contributed by atoms with Crippen molar-refractivity contribution >= 4 is 49.0 Å². The minimum atomic E-state index is 0.885. The second-order valence-electron chi connectivity index (χ2n) is 1.50. The molecule has 6 heavy (non-hydrogen) atoms. The first kappa shape index (κ1) is 7.60. The van der Waals surface area contributed by atoms with Gasteiger partial charge in [-0.2, -0.15) is 0 Å². The molecule has 0 unspecified atom stereocenters. The fourth-order valence-corrected chi connectivity index (χ4v) is 1.18. The van der Waals surface area contributed by atoms with Crippen LogP contribution in [0.15, 0.2) is 0 Å². The predicted octanol–water partition coefficient (Wildman–Crippen LogP) is 0.312. The summed E-state index contributed by atoms with van der Waals surface area (Å²) < 4.78 is 1.46. The minimum absolute atomic E-state index is 0.885. The molecule has 0 aliphatic rings. The van der Waals surface area contributed by atoms with Gasteiger partial charge in [-0.1, -0.05) is 0 Å². The SMILES string of the molecule is NCCC[CH2][K]. The Labute approximate surface area is 73.3 Å². The summed E-state index contributed by atoms with van der Waals surface area (Å²) in [6.07, 6.45) is 2.61. The van der Waals surface area contributed by atoms with E-state index in [2.05, 4.69) is 0 Å². The Kier molecular flexibility index (Phi) is 8.35. The van der Waals surface area contributed by atoms with Crippen molar-refractivity contribution in [2.24, 2.45) is 5.73 Å². The molecule has 0 atom stereocenters. The number of nitrogens with two attached hydrogens (primary N) is 1. The Hall–Kier alpha value is 1.60. The van der Waals surface area contributed by atoms with Crippen LogP contribution in [0.1, 0.15) is 12.8 Å². The molecule has 1 nitrogen and oxygen atoms in total. The van der Waals surface area contributed by atoms with Gasteiger partial charge in [-0.15, -0.1) is 0 Å². The fraction of sp³-hybridized carbons (Fsp3) is 1.00. The van der Waals surface area contributed by atoms with Crippen LogP contribution in [0.3, 0.4) is 0 Å². The Morgan fingerprint density at radius 2 is 2.00 bits per heavy atom. The third kappa shape index (κ3) is 5.60. The summed E-state index contributed by atoms with van der Waals surface area (Å²) >= 11 is 1.06. The number of rotatable bonds is 3. The Morgan fingerprint density at radius 1 is 1.33 bits per heavy atom. The molecule has 0 radical (unpaired) electrons. The van der Waals surface area contributed by atoms with Crippen LogP contribution in [0.4, 0.5) is 0 Å². The average Bonchev–Trinajstić information content (AvgIpc) is 1.61. The molecule has 0 saturated carbocycles. The third-order valence-corrected chi connectivity index (χ3v) is 1.91. The summed E-state index contributed by atoms with van der Waals surface area (Å²) in [7, 11) is 0. The predicted molar refractivity (Wildman–Crippen MR) is 28.8 cm³/mol. The van der Waals surface area contributed by atoms with Crippen molar-refractivity contribution in [2.75, 3.05) is 6.54 Å². The maximum atomic E-state index is 5.24. The molecule has 0 aromatic carbocycles. The maximum absolute atomic E-state index is 5.24. The van der Waals surface area contributed by atoms with Crippen molar-refractivity contribution in [3.8, 4) is 0 Å². The van der Waals surface area contributed by atoms with Crippen molar-refractivity contribution in [2.45, 2.75) is 13.4 Å². The first-order valence-electron chi connectivity index (χ1n) is 2.62. The van der Waals surface area contributed by atoms with E-state index in [4.69, 9.17) is 5.73 Å². The molecule has 2 heteroatoms. The molecule has 0 spiro atoms. The van der Waals surface area contributed by atoms with Crippen LogP contribution in [0.5, 0.6) is 0 Å². The number of hydrogen-bond acceptors (Lipinski definition) is 1. The Morgan fingerprint density at radius 3 is 2.17 bits per heavy atom. The molecule has 0 fully saturated rings. The van der Waals surface area contributed by atoms with E-state index in [0.717, 1.165) is 55.5 Å². The van der Waals surface area contributed by atoms with Gasteiger partial charge in [0.2, 0.25) is 0 Å². The van der Waals surface area contributed by atoms with Crippen molar-refractivity contribution in [1.82, 2.24) is 0 Å². The van der Waals surface area contributed by atoms with E-state index in [1.54, 1.807) is 0 Å². The zero-order chi connectivity index (χ0) is 4.83. The van der Waals surface area contributed by atoms with Gasteiger partial charge in [0.15, 0.2) is 0 Å². The number of unbranched alkanes of at least 4 members (excludes halogenated alkanes) is 1. The molecular weight excluding hydrogens is 101 g/mol. The molecule has 0 aliphatic heterocycles. The molecule has 0 aromatic heterocycles. The van der Waals surface area contributed by atoms with E-state index in [1.165, 1.54) is 13.4 Å². The molecule has 0 bridgehead atoms. The average molecular weight is 111 g/mol. The van der Waals surface area contributed by atoms with Gasteiger partial charge < -0.3 is 0 Å². The van der Waals surface area contributed by atoms with E-state index >= 15 is 0 Å². The van der Waals surface area contributed by atoms with Crippen molar-refractivity contribution < 1.29 is 0 Å². The first-order chi connectivity index (χ1) is 2.91. The summed E-state index contributed by atoms with van der Waals surface area (Å²) in [5, 5.41) is 0. The van der Waals surface area contributed by atoms with Crippen LogP contribution in [-0.2, 0) is 0 Å². The summed E-state index contributed by atoms with van der Waals surface area (Å²) in [4.78, 5) is 0. The van der Waals surface area contributed by atoms with Gasteiger partial charge in [0.25, 0.3) is 0 Å². The Balaban J connectivity index is 2.34. The topological polar surface area (TPSA) is 26.0 Å². The van der Waals surface area contributed by atoms with E-state index in [9.17, 15) is 0 Å². The molecule has 0 heterocycles. The van der Waals surface area contributed by atoms with E-state index < -0.39 is 0 Å². The van der Waals surface area contributed by atoms with Crippen LogP contribution in [-0.4, -0.2) is 55.5 Å². The van der Waals surface area contributed by atoms with Crippen molar-refractivity contribution in [3.63, 3.8) is 0 Å². The molecule has 0 aliphatic carbocycles. The first-order valence-corrected chi connectivity index (χ1v) is 4.82. The molecule has 32 valence electrons. The van der Waals surface area contributed by atoms with Crippen LogP contribution in [0.2, 0.25) is 0.515 Å². The molecule has 0 rings (SSSR count). The van der Waals surface area contributed by atoms with Crippen LogP contribution in [0.25, 0.3) is 0 Å². The van der Waals surface area contributed by atoms with E-state index in [1.807, 2.05) is 0 Å². The molecular formula is C4H10KN. The van der Waals surface area contributed by atoms with Crippen molar-refractivity contribution in [1.29, 1.82) is 0 Å². The molecule has 0 saturated heterocycles. The van der Waals surface area contributed by atoms with Gasteiger partial charge in [0.1, 0.15) is 0 Å². The second-order valence-corrected chi connectivity index (χ2v) is 3.06. The summed E-state index contributed by atoms with van der Waals surface area (Å²) in [5.74, 6) is 0. The van der Waals surface area contributed by atoms with E-state index in [0.29, 0.717) is 0 Å². The quantitative estimate of drug-likeness (QED) is 0.412. The Bertz CT molecular complexity index is 19.5. The van der Waals surface area contributed by atoms with Gasteiger partial charge in [-0.05, 0) is 0 Å². The van der Waals surface area contributed by atoms with Gasteiger partial charge in [0.05, 0.1) is 0 Å². The fourth-order valence-electron chi connectivity index (χ4n) is 0.394. The van der Waals surface area contributed by atoms with Crippen LogP contribution in [0, 0.1) is 0 Å². The van der Waals surface area contributed by atoms with Crippen molar-refractivity contribution in [3.05, 3.63) is 0 Å². The molecule has 2 N–H and O–H groups in total. The van der Waals surface area contributed by atoms with Gasteiger partial charge >= 0.3 is 74.6 Å². The molecule has 0 amide bonds. The van der Waals surface area contributed by atoms with Gasteiger partial charge in [-0.3, -0.25) is 0 Å². The zero-order valence-electron chi connectivity index (χ0n) is 4.41. The molecule has 0 aromatic rings. The standard InChI is InChI=1S/C4H10N.K/c1-2-3-4-5;/h1-5H2;. The summed E-state index contributed by atoms with van der Waals surface area (Å²) in [6, 6.07) is 0. The monoisotopic (exact) mass is 111 g/mol. The third-order valence-electron chi connectivity index (χ3n) is 0.808. The van der Waals surface area contributed by atoms with E-state index in [-0.39, 0.29) is 0 Å². The van der Waals surface area contributed by atoms with Crippen LogP contribution >= 0.6 is 0 Å². The van der Waals surface area contributed by atoms with Gasteiger partial charge in [0, 0.05) is 0 Å². The van der Waals surface area contributed by atoms with Crippen LogP contribution < -0.4 is 5.73 Å². The number of hydrogen-bond donors (Lipinski definition) is 1. The summed E-state index contributed by atoms with van der Waals surface area (Å²) in [5.41, 5.74) is 5.24. The second kappa shape index (κ2) is 6.60. The normalized spacial score (nSPS) is 9.17. The zero-order valence-corrected chi connectivity index (χ0v) is 7.53. The summed E-state index contributed by atoms with van der Waals surface area (Å²) in [6.45, 7) is 0.885.